The van der Waals surface area contributed by atoms with Gasteiger partial charge in [-0.05, 0) is 61.0 Å². The van der Waals surface area contributed by atoms with Crippen LogP contribution in [0.25, 0.3) is 38.7 Å². The lowest BCUT2D eigenvalue weighted by atomic mass is 9.94. The van der Waals surface area contributed by atoms with Crippen LogP contribution in [0.2, 0.25) is 0 Å². The van der Waals surface area contributed by atoms with Crippen molar-refractivity contribution >= 4 is 24.6 Å². The highest BCUT2D eigenvalue weighted by atomic mass is 31.1. The molecule has 5 aromatic rings. The van der Waals surface area contributed by atoms with Crippen molar-refractivity contribution in [1.29, 1.82) is 0 Å². The second-order valence-electron chi connectivity index (χ2n) is 9.37. The molecule has 0 bridgehead atoms. The summed E-state index contributed by atoms with van der Waals surface area (Å²) in [5.74, 6) is 0. The maximum Gasteiger partial charge on any atom is 0.0973 e. The average molecular weight is 508 g/mol. The Balaban J connectivity index is 1.44. The molecule has 5 rings (SSSR count). The van der Waals surface area contributed by atoms with Gasteiger partial charge in [0.2, 0.25) is 0 Å². The number of rotatable bonds is 7. The highest BCUT2D eigenvalue weighted by molar-refractivity contribution is 7.52. The van der Waals surface area contributed by atoms with E-state index >= 15 is 0 Å². The summed E-state index contributed by atoms with van der Waals surface area (Å²) in [6, 6.07) is 47.0. The molecule has 184 valence electrons. The van der Waals surface area contributed by atoms with Crippen LogP contribution >= 0.6 is 8.20 Å². The highest BCUT2D eigenvalue weighted by Gasteiger charge is 2.09. The second kappa shape index (κ2) is 11.8. The zero-order valence-corrected chi connectivity index (χ0v) is 22.7. The summed E-state index contributed by atoms with van der Waals surface area (Å²) in [6.45, 7) is 8.49. The number of benzene rings is 5. The largest absolute Gasteiger partial charge is 0.253 e. The Morgan fingerprint density at radius 2 is 0.921 bits per heavy atom. The number of nitrogens with zero attached hydrogens (tertiary/aromatic N) is 1. The van der Waals surface area contributed by atoms with E-state index in [1.54, 1.807) is 0 Å². The summed E-state index contributed by atoms with van der Waals surface area (Å²) in [6.07, 6.45) is 0. The molecule has 0 saturated heterocycles. The molecule has 0 atom stereocenters. The summed E-state index contributed by atoms with van der Waals surface area (Å²) in [4.78, 5) is 4.91. The van der Waals surface area contributed by atoms with Crippen molar-refractivity contribution in [2.75, 3.05) is 0 Å². The molecule has 5 aromatic carbocycles. The maximum atomic E-state index is 4.91. The molecule has 0 unspecified atom stereocenters. The van der Waals surface area contributed by atoms with E-state index in [1.807, 2.05) is 19.9 Å². The van der Waals surface area contributed by atoms with Crippen LogP contribution in [0.1, 0.15) is 25.0 Å². The summed E-state index contributed by atoms with van der Waals surface area (Å²) < 4.78 is 0. The zero-order chi connectivity index (χ0) is 26.3. The molecule has 0 aliphatic rings. The fraction of sp³-hybridized carbons (Fsp3) is 0.0556. The predicted octanol–water partition coefficient (Wildman–Crippen LogP) is 10.3. The number of aliphatic imine (C=N–C) groups is 1. The first-order chi connectivity index (χ1) is 18.6. The van der Waals surface area contributed by atoms with Gasteiger partial charge >= 0.3 is 0 Å². The van der Waals surface area contributed by atoms with Crippen molar-refractivity contribution in [1.82, 2.24) is 0 Å². The molecule has 0 heterocycles. The fourth-order valence-electron chi connectivity index (χ4n) is 4.45. The Morgan fingerprint density at radius 1 is 0.500 bits per heavy atom. The minimum Gasteiger partial charge on any atom is -0.253 e. The maximum absolute atomic E-state index is 4.91. The van der Waals surface area contributed by atoms with E-state index in [4.69, 9.17) is 4.99 Å². The van der Waals surface area contributed by atoms with E-state index in [-0.39, 0.29) is 0 Å². The first-order valence-corrected chi connectivity index (χ1v) is 13.7. The van der Waals surface area contributed by atoms with Gasteiger partial charge < -0.3 is 0 Å². The molecule has 2 heteroatoms. The smallest absolute Gasteiger partial charge is 0.0973 e. The van der Waals surface area contributed by atoms with Crippen LogP contribution in [-0.4, -0.2) is 11.1 Å². The van der Waals surface area contributed by atoms with Crippen molar-refractivity contribution in [3.05, 3.63) is 151 Å². The third-order valence-electron chi connectivity index (χ3n) is 6.36. The Morgan fingerprint density at radius 3 is 1.47 bits per heavy atom. The number of hydrogen-bond donors (Lipinski definition) is 0. The normalized spacial score (nSPS) is 11.2. The van der Waals surface area contributed by atoms with E-state index in [2.05, 4.69) is 134 Å². The molecule has 38 heavy (non-hydrogen) atoms. The van der Waals surface area contributed by atoms with Gasteiger partial charge in [-0.2, -0.15) is 0 Å². The van der Waals surface area contributed by atoms with Gasteiger partial charge in [-0.15, -0.1) is 0 Å². The van der Waals surface area contributed by atoms with E-state index in [0.29, 0.717) is 0 Å². The Hall–Kier alpha value is -4.32. The minimum atomic E-state index is 0.999. The highest BCUT2D eigenvalue weighted by Crippen LogP contribution is 2.34. The molecule has 0 spiro atoms. The second-order valence-corrected chi connectivity index (χ2v) is 10.6. The van der Waals surface area contributed by atoms with Crippen LogP contribution in [0.5, 0.6) is 0 Å². The summed E-state index contributed by atoms with van der Waals surface area (Å²) >= 11 is 0. The van der Waals surface area contributed by atoms with Crippen LogP contribution in [-0.2, 0) is 0 Å². The first kappa shape index (κ1) is 25.3. The lowest BCUT2D eigenvalue weighted by Gasteiger charge is -2.11. The molecular formula is C36H30NP. The summed E-state index contributed by atoms with van der Waals surface area (Å²) in [5.41, 5.74) is 11.6. The topological polar surface area (TPSA) is 12.4 Å². The van der Waals surface area contributed by atoms with E-state index in [9.17, 15) is 0 Å². The average Bonchev–Trinajstić information content (AvgIpc) is 2.98. The Labute approximate surface area is 227 Å². The van der Waals surface area contributed by atoms with Crippen LogP contribution in [0.15, 0.2) is 145 Å². The molecule has 0 aliphatic heterocycles. The van der Waals surface area contributed by atoms with Gasteiger partial charge in [-0.3, -0.25) is 4.99 Å². The molecule has 1 nitrogen and oxygen atoms in total. The zero-order valence-electron chi connectivity index (χ0n) is 21.8. The van der Waals surface area contributed by atoms with Gasteiger partial charge in [-0.1, -0.05) is 140 Å². The molecule has 0 N–H and O–H groups in total. The van der Waals surface area contributed by atoms with E-state index in [0.717, 1.165) is 35.8 Å². The minimum absolute atomic E-state index is 0.999. The molecule has 0 radical (unpaired) electrons. The van der Waals surface area contributed by atoms with Gasteiger partial charge in [0, 0.05) is 16.6 Å². The summed E-state index contributed by atoms with van der Waals surface area (Å²) in [5, 5.41) is 1.03. The Kier molecular flexibility index (Phi) is 7.88. The van der Waals surface area contributed by atoms with Crippen LogP contribution in [0, 0.1) is 0 Å². The molecule has 0 amide bonds. The standard InChI is InChI=1S/C36H30NP/c1-26(2)37-36(38-27(3)28-18-20-30(21-19-28)29-12-6-4-7-13-29)33-24-22-32(23-25-33)35-17-11-10-16-34(35)31-14-8-5-9-15-31/h4-25H,3H2,1-2H3. The molecular weight excluding hydrogens is 477 g/mol. The number of hydrogen-bond acceptors (Lipinski definition) is 0. The lowest BCUT2D eigenvalue weighted by Crippen LogP contribution is -1.98. The summed E-state index contributed by atoms with van der Waals surface area (Å²) in [7, 11) is 0.999. The fourth-order valence-corrected chi connectivity index (χ4v) is 5.51. The molecule has 0 saturated carbocycles. The van der Waals surface area contributed by atoms with Gasteiger partial charge in [0.15, 0.2) is 0 Å². The van der Waals surface area contributed by atoms with Crippen LogP contribution < -0.4 is 0 Å². The third-order valence-corrected chi connectivity index (χ3v) is 7.46. The molecule has 0 aliphatic carbocycles. The molecule has 0 fully saturated rings. The van der Waals surface area contributed by atoms with E-state index in [1.165, 1.54) is 33.4 Å². The van der Waals surface area contributed by atoms with Gasteiger partial charge in [0.25, 0.3) is 0 Å². The van der Waals surface area contributed by atoms with Crippen molar-refractivity contribution in [2.45, 2.75) is 13.8 Å². The van der Waals surface area contributed by atoms with Crippen LogP contribution in [0.4, 0.5) is 0 Å². The third kappa shape index (κ3) is 5.97. The SMILES string of the molecule is C=C(P=C(N=C(C)C)c1ccc(-c2ccccc2-c2ccccc2)cc1)c1ccc(-c2ccccc2)cc1. The quantitative estimate of drug-likeness (QED) is 0.153. The van der Waals surface area contributed by atoms with Gasteiger partial charge in [0.1, 0.15) is 0 Å². The van der Waals surface area contributed by atoms with Crippen molar-refractivity contribution in [3.8, 4) is 33.4 Å². The monoisotopic (exact) mass is 507 g/mol. The van der Waals surface area contributed by atoms with Crippen molar-refractivity contribution < 1.29 is 0 Å². The van der Waals surface area contributed by atoms with Crippen molar-refractivity contribution in [2.24, 2.45) is 4.99 Å². The Bertz CT molecular complexity index is 1590. The first-order valence-electron chi connectivity index (χ1n) is 12.8. The molecule has 0 aromatic heterocycles. The van der Waals surface area contributed by atoms with Gasteiger partial charge in [-0.25, -0.2) is 0 Å². The predicted molar refractivity (Wildman–Crippen MR) is 168 cm³/mol. The van der Waals surface area contributed by atoms with Crippen LogP contribution in [0.3, 0.4) is 0 Å². The van der Waals surface area contributed by atoms with Crippen molar-refractivity contribution in [3.63, 3.8) is 0 Å². The van der Waals surface area contributed by atoms with E-state index < -0.39 is 0 Å². The lowest BCUT2D eigenvalue weighted by molar-refractivity contribution is 1.54. The van der Waals surface area contributed by atoms with Gasteiger partial charge in [0.05, 0.1) is 5.42 Å².